The second-order valence-corrected chi connectivity index (χ2v) is 4.76. The van der Waals surface area contributed by atoms with E-state index < -0.39 is 0 Å². The summed E-state index contributed by atoms with van der Waals surface area (Å²) in [6, 6.07) is 25.5. The number of aromatic nitrogens is 1. The minimum Gasteiger partial charge on any atom is -0.354 e. The van der Waals surface area contributed by atoms with E-state index in [0.29, 0.717) is 0 Å². The molecular formula is C20H15N. The van der Waals surface area contributed by atoms with Crippen LogP contribution in [-0.4, -0.2) is 4.98 Å². The van der Waals surface area contributed by atoms with E-state index in [1.807, 2.05) is 0 Å². The van der Waals surface area contributed by atoms with Crippen molar-refractivity contribution in [3.05, 3.63) is 72.8 Å². The van der Waals surface area contributed by atoms with Gasteiger partial charge in [-0.1, -0.05) is 66.7 Å². The van der Waals surface area contributed by atoms with Crippen LogP contribution in [0.15, 0.2) is 72.8 Å². The Morgan fingerprint density at radius 1 is 0.619 bits per heavy atom. The Balaban J connectivity index is 0.000000636. The lowest BCUT2D eigenvalue weighted by molar-refractivity contribution is 1.53. The van der Waals surface area contributed by atoms with Gasteiger partial charge in [0.15, 0.2) is 0 Å². The molecule has 0 aliphatic rings. The summed E-state index contributed by atoms with van der Waals surface area (Å²) >= 11 is 0. The van der Waals surface area contributed by atoms with Gasteiger partial charge in [0.1, 0.15) is 0 Å². The highest BCUT2D eigenvalue weighted by molar-refractivity contribution is 6.11. The standard InChI is InChI=1S/C18H13N.C2H2/c1-2-7-13(8-3-1)14-10-6-11-16-15-9-4-5-12-17(15)19-18(14)16;1-2/h1-12,19H;1-2H. The first kappa shape index (κ1) is 13.0. The zero-order valence-corrected chi connectivity index (χ0v) is 11.6. The highest BCUT2D eigenvalue weighted by Gasteiger charge is 2.08. The van der Waals surface area contributed by atoms with Crippen LogP contribution < -0.4 is 0 Å². The van der Waals surface area contributed by atoms with E-state index >= 15 is 0 Å². The van der Waals surface area contributed by atoms with E-state index in [0.717, 1.165) is 0 Å². The average Bonchev–Trinajstić information content (AvgIpc) is 2.96. The minimum atomic E-state index is 1.20. The second kappa shape index (κ2) is 5.56. The van der Waals surface area contributed by atoms with Gasteiger partial charge in [-0.05, 0) is 11.6 Å². The van der Waals surface area contributed by atoms with Gasteiger partial charge < -0.3 is 4.98 Å². The Labute approximate surface area is 124 Å². The van der Waals surface area contributed by atoms with Crippen LogP contribution in [0.3, 0.4) is 0 Å². The fourth-order valence-corrected chi connectivity index (χ4v) is 2.73. The summed E-state index contributed by atoms with van der Waals surface area (Å²) in [4.78, 5) is 3.55. The van der Waals surface area contributed by atoms with Crippen LogP contribution >= 0.6 is 0 Å². The first-order valence-corrected chi connectivity index (χ1v) is 6.82. The lowest BCUT2D eigenvalue weighted by Gasteiger charge is -2.03. The molecule has 0 saturated carbocycles. The summed E-state index contributed by atoms with van der Waals surface area (Å²) in [5.74, 6) is 0. The molecule has 1 heteroatoms. The molecule has 0 atom stereocenters. The van der Waals surface area contributed by atoms with Crippen LogP contribution in [0, 0.1) is 12.8 Å². The number of fused-ring (bicyclic) bond motifs is 3. The minimum absolute atomic E-state index is 1.20. The molecule has 1 aromatic heterocycles. The Hall–Kier alpha value is -2.98. The van der Waals surface area contributed by atoms with Gasteiger partial charge in [0, 0.05) is 21.9 Å². The predicted molar refractivity (Wildman–Crippen MR) is 91.1 cm³/mol. The zero-order chi connectivity index (χ0) is 14.7. The molecule has 0 aliphatic heterocycles. The topological polar surface area (TPSA) is 15.8 Å². The van der Waals surface area contributed by atoms with Gasteiger partial charge in [-0.15, -0.1) is 12.8 Å². The van der Waals surface area contributed by atoms with Crippen molar-refractivity contribution >= 4 is 21.8 Å². The molecule has 0 saturated heterocycles. The quantitative estimate of drug-likeness (QED) is 0.455. The predicted octanol–water partition coefficient (Wildman–Crippen LogP) is 5.24. The summed E-state index contributed by atoms with van der Waals surface area (Å²) < 4.78 is 0. The number of nitrogens with one attached hydrogen (secondary N) is 1. The van der Waals surface area contributed by atoms with Gasteiger partial charge in [-0.25, -0.2) is 0 Å². The molecule has 0 amide bonds. The van der Waals surface area contributed by atoms with Crippen molar-refractivity contribution in [3.63, 3.8) is 0 Å². The van der Waals surface area contributed by atoms with Crippen molar-refractivity contribution in [2.75, 3.05) is 0 Å². The molecule has 0 unspecified atom stereocenters. The monoisotopic (exact) mass is 269 g/mol. The Bertz CT molecular complexity index is 898. The van der Waals surface area contributed by atoms with Crippen LogP contribution in [0.2, 0.25) is 0 Å². The van der Waals surface area contributed by atoms with Crippen LogP contribution in [0.5, 0.6) is 0 Å². The molecule has 0 fully saturated rings. The maximum atomic E-state index is 4.00. The molecule has 4 aromatic rings. The normalized spacial score (nSPS) is 10.2. The van der Waals surface area contributed by atoms with Crippen LogP contribution in [0.1, 0.15) is 0 Å². The SMILES string of the molecule is C#C.c1ccc(-c2cccc3c2[nH]c2ccccc23)cc1. The molecular weight excluding hydrogens is 254 g/mol. The first-order valence-electron chi connectivity index (χ1n) is 6.82. The number of H-pyrrole nitrogens is 1. The van der Waals surface area contributed by atoms with Crippen LogP contribution in [-0.2, 0) is 0 Å². The van der Waals surface area contributed by atoms with E-state index in [1.165, 1.54) is 32.9 Å². The molecule has 0 spiro atoms. The van der Waals surface area contributed by atoms with Crippen molar-refractivity contribution in [2.24, 2.45) is 0 Å². The maximum Gasteiger partial charge on any atom is 0.0544 e. The Kier molecular flexibility index (Phi) is 3.45. The van der Waals surface area contributed by atoms with Crippen molar-refractivity contribution < 1.29 is 0 Å². The summed E-state index contributed by atoms with van der Waals surface area (Å²) in [5.41, 5.74) is 4.92. The van der Waals surface area contributed by atoms with Crippen LogP contribution in [0.25, 0.3) is 32.9 Å². The van der Waals surface area contributed by atoms with Crippen molar-refractivity contribution in [3.8, 4) is 24.0 Å². The third-order valence-electron chi connectivity index (χ3n) is 3.63. The summed E-state index contributed by atoms with van der Waals surface area (Å²) in [6.07, 6.45) is 8.00. The fraction of sp³-hybridized carbons (Fsp3) is 0. The molecule has 0 aliphatic carbocycles. The maximum absolute atomic E-state index is 4.00. The molecule has 0 radical (unpaired) electrons. The van der Waals surface area contributed by atoms with Crippen molar-refractivity contribution in [2.45, 2.75) is 0 Å². The molecule has 1 N–H and O–H groups in total. The van der Waals surface area contributed by atoms with Gasteiger partial charge in [-0.3, -0.25) is 0 Å². The third-order valence-corrected chi connectivity index (χ3v) is 3.63. The van der Waals surface area contributed by atoms with Gasteiger partial charge >= 0.3 is 0 Å². The number of para-hydroxylation sites is 2. The summed E-state index contributed by atoms with van der Waals surface area (Å²) in [6.45, 7) is 0. The molecule has 1 nitrogen and oxygen atoms in total. The molecule has 3 aromatic carbocycles. The van der Waals surface area contributed by atoms with E-state index in [-0.39, 0.29) is 0 Å². The number of rotatable bonds is 1. The van der Waals surface area contributed by atoms with Crippen molar-refractivity contribution in [1.29, 1.82) is 0 Å². The average molecular weight is 269 g/mol. The second-order valence-electron chi connectivity index (χ2n) is 4.76. The molecule has 0 bridgehead atoms. The highest BCUT2D eigenvalue weighted by atomic mass is 14.7. The molecule has 4 rings (SSSR count). The van der Waals surface area contributed by atoms with Gasteiger partial charge in [0.25, 0.3) is 0 Å². The lowest BCUT2D eigenvalue weighted by Crippen LogP contribution is -1.79. The van der Waals surface area contributed by atoms with Gasteiger partial charge in [0.2, 0.25) is 0 Å². The third kappa shape index (κ3) is 2.17. The summed E-state index contributed by atoms with van der Waals surface area (Å²) in [5, 5.41) is 2.58. The molecule has 100 valence electrons. The first-order chi connectivity index (χ1) is 10.4. The lowest BCUT2D eigenvalue weighted by atomic mass is 10.0. The number of hydrogen-bond acceptors (Lipinski definition) is 0. The zero-order valence-electron chi connectivity index (χ0n) is 11.6. The van der Waals surface area contributed by atoms with E-state index in [2.05, 4.69) is 90.6 Å². The van der Waals surface area contributed by atoms with E-state index in [4.69, 9.17) is 0 Å². The smallest absolute Gasteiger partial charge is 0.0544 e. The molecule has 21 heavy (non-hydrogen) atoms. The molecule has 1 heterocycles. The number of aromatic amines is 1. The highest BCUT2D eigenvalue weighted by Crippen LogP contribution is 2.32. The van der Waals surface area contributed by atoms with Gasteiger partial charge in [-0.2, -0.15) is 0 Å². The Morgan fingerprint density at radius 3 is 2.10 bits per heavy atom. The van der Waals surface area contributed by atoms with Gasteiger partial charge in [0.05, 0.1) is 5.52 Å². The van der Waals surface area contributed by atoms with E-state index in [9.17, 15) is 0 Å². The van der Waals surface area contributed by atoms with E-state index in [1.54, 1.807) is 0 Å². The Morgan fingerprint density at radius 2 is 1.29 bits per heavy atom. The fourth-order valence-electron chi connectivity index (χ4n) is 2.73. The van der Waals surface area contributed by atoms with Crippen molar-refractivity contribution in [1.82, 2.24) is 4.98 Å². The number of hydrogen-bond donors (Lipinski definition) is 1. The largest absolute Gasteiger partial charge is 0.354 e. The summed E-state index contributed by atoms with van der Waals surface area (Å²) in [7, 11) is 0. The number of benzene rings is 3. The number of terminal acetylenes is 1. The van der Waals surface area contributed by atoms with Crippen LogP contribution in [0.4, 0.5) is 0 Å².